The molecule has 4 nitrogen and oxygen atoms in total. The number of hydrogen-bond acceptors (Lipinski definition) is 4. The molecule has 2 unspecified atom stereocenters. The standard InChI is InChI=1S/C15H20O4/c1-10-4-6-13(19-10)12(16)8-11-5-7-14(17-2)15(9-11)18-3/h5,7,9-10,13H,4,6,8H2,1-3H3. The summed E-state index contributed by atoms with van der Waals surface area (Å²) in [6.45, 7) is 2.00. The quantitative estimate of drug-likeness (QED) is 0.819. The van der Waals surface area contributed by atoms with Crippen LogP contribution in [0.1, 0.15) is 25.3 Å². The summed E-state index contributed by atoms with van der Waals surface area (Å²) in [5.41, 5.74) is 0.922. The molecular formula is C15H20O4. The SMILES string of the molecule is COc1ccc(CC(=O)C2CCC(C)O2)cc1OC. The van der Waals surface area contributed by atoms with E-state index in [1.165, 1.54) is 0 Å². The van der Waals surface area contributed by atoms with Gasteiger partial charge in [-0.2, -0.15) is 0 Å². The van der Waals surface area contributed by atoms with Crippen LogP contribution in [0, 0.1) is 0 Å². The number of carbonyl (C=O) groups excluding carboxylic acids is 1. The average molecular weight is 264 g/mol. The Morgan fingerprint density at radius 1 is 1.26 bits per heavy atom. The minimum atomic E-state index is -0.247. The van der Waals surface area contributed by atoms with Gasteiger partial charge in [0, 0.05) is 6.42 Å². The predicted molar refractivity (Wildman–Crippen MR) is 71.8 cm³/mol. The molecule has 19 heavy (non-hydrogen) atoms. The summed E-state index contributed by atoms with van der Waals surface area (Å²) in [5, 5.41) is 0. The Hall–Kier alpha value is -1.55. The molecule has 1 aromatic carbocycles. The van der Waals surface area contributed by atoms with E-state index in [4.69, 9.17) is 14.2 Å². The summed E-state index contributed by atoms with van der Waals surface area (Å²) in [4.78, 5) is 12.1. The van der Waals surface area contributed by atoms with Gasteiger partial charge in [0.05, 0.1) is 20.3 Å². The van der Waals surface area contributed by atoms with Crippen molar-refractivity contribution in [2.24, 2.45) is 0 Å². The maximum Gasteiger partial charge on any atom is 0.165 e. The van der Waals surface area contributed by atoms with Gasteiger partial charge in [0.1, 0.15) is 6.10 Å². The molecule has 1 aliphatic rings. The summed E-state index contributed by atoms with van der Waals surface area (Å²) >= 11 is 0. The molecule has 0 amide bonds. The van der Waals surface area contributed by atoms with Crippen LogP contribution in [0.4, 0.5) is 0 Å². The van der Waals surface area contributed by atoms with Gasteiger partial charge in [-0.1, -0.05) is 6.07 Å². The van der Waals surface area contributed by atoms with Crippen molar-refractivity contribution in [2.45, 2.75) is 38.4 Å². The lowest BCUT2D eigenvalue weighted by Gasteiger charge is -2.12. The van der Waals surface area contributed by atoms with Crippen LogP contribution in [0.15, 0.2) is 18.2 Å². The van der Waals surface area contributed by atoms with E-state index in [1.807, 2.05) is 25.1 Å². The van der Waals surface area contributed by atoms with Crippen LogP contribution in [-0.4, -0.2) is 32.2 Å². The zero-order chi connectivity index (χ0) is 13.8. The fraction of sp³-hybridized carbons (Fsp3) is 0.533. The van der Waals surface area contributed by atoms with Gasteiger partial charge < -0.3 is 14.2 Å². The van der Waals surface area contributed by atoms with Gasteiger partial charge in [-0.3, -0.25) is 4.79 Å². The lowest BCUT2D eigenvalue weighted by atomic mass is 10.0. The molecule has 2 rings (SSSR count). The van der Waals surface area contributed by atoms with Crippen molar-refractivity contribution in [1.82, 2.24) is 0 Å². The van der Waals surface area contributed by atoms with Gasteiger partial charge in [-0.15, -0.1) is 0 Å². The summed E-state index contributed by atoms with van der Waals surface area (Å²) in [6, 6.07) is 5.55. The highest BCUT2D eigenvalue weighted by Gasteiger charge is 2.27. The smallest absolute Gasteiger partial charge is 0.165 e. The normalized spacial score (nSPS) is 22.3. The van der Waals surface area contributed by atoms with Gasteiger partial charge >= 0.3 is 0 Å². The zero-order valence-electron chi connectivity index (χ0n) is 11.6. The molecule has 2 atom stereocenters. The Kier molecular flexibility index (Phi) is 4.43. The molecule has 1 aliphatic heterocycles. The van der Waals surface area contributed by atoms with Crippen molar-refractivity contribution < 1.29 is 19.0 Å². The second kappa shape index (κ2) is 6.06. The highest BCUT2D eigenvalue weighted by molar-refractivity contribution is 5.85. The van der Waals surface area contributed by atoms with Crippen molar-refractivity contribution in [2.75, 3.05) is 14.2 Å². The van der Waals surface area contributed by atoms with E-state index in [-0.39, 0.29) is 18.0 Å². The molecule has 0 radical (unpaired) electrons. The van der Waals surface area contributed by atoms with E-state index in [1.54, 1.807) is 14.2 Å². The Bertz CT molecular complexity index is 455. The number of methoxy groups -OCH3 is 2. The summed E-state index contributed by atoms with van der Waals surface area (Å²) in [6.07, 6.45) is 2.11. The number of benzene rings is 1. The fourth-order valence-electron chi connectivity index (χ4n) is 2.35. The molecule has 0 N–H and O–H groups in total. The van der Waals surface area contributed by atoms with Crippen LogP contribution in [0.25, 0.3) is 0 Å². The minimum absolute atomic E-state index is 0.136. The number of ketones is 1. The molecule has 0 aliphatic carbocycles. The largest absolute Gasteiger partial charge is 0.493 e. The Balaban J connectivity index is 2.04. The first-order valence-electron chi connectivity index (χ1n) is 6.53. The first-order chi connectivity index (χ1) is 9.13. The second-order valence-corrected chi connectivity index (χ2v) is 4.85. The van der Waals surface area contributed by atoms with Crippen LogP contribution < -0.4 is 9.47 Å². The Morgan fingerprint density at radius 3 is 2.58 bits per heavy atom. The first kappa shape index (κ1) is 13.9. The second-order valence-electron chi connectivity index (χ2n) is 4.85. The molecule has 0 aromatic heterocycles. The van der Waals surface area contributed by atoms with Crippen molar-refractivity contribution in [3.05, 3.63) is 23.8 Å². The van der Waals surface area contributed by atoms with Gasteiger partial charge in [0.2, 0.25) is 0 Å². The summed E-state index contributed by atoms with van der Waals surface area (Å²) < 4.78 is 16.0. The van der Waals surface area contributed by atoms with Crippen LogP contribution in [-0.2, 0) is 16.0 Å². The van der Waals surface area contributed by atoms with E-state index >= 15 is 0 Å². The van der Waals surface area contributed by atoms with Gasteiger partial charge in [0.15, 0.2) is 17.3 Å². The van der Waals surface area contributed by atoms with Gasteiger partial charge in [0.25, 0.3) is 0 Å². The molecule has 0 spiro atoms. The van der Waals surface area contributed by atoms with E-state index < -0.39 is 0 Å². The number of Topliss-reactive ketones (excluding diaryl/α,β-unsaturated/α-hetero) is 1. The maximum atomic E-state index is 12.1. The molecule has 1 saturated heterocycles. The van der Waals surface area contributed by atoms with Crippen LogP contribution in [0.2, 0.25) is 0 Å². The molecule has 1 aromatic rings. The Morgan fingerprint density at radius 2 is 2.00 bits per heavy atom. The topological polar surface area (TPSA) is 44.8 Å². The third-order valence-electron chi connectivity index (χ3n) is 3.42. The lowest BCUT2D eigenvalue weighted by molar-refractivity contribution is -0.128. The zero-order valence-corrected chi connectivity index (χ0v) is 11.6. The molecule has 104 valence electrons. The molecular weight excluding hydrogens is 244 g/mol. The van der Waals surface area contributed by atoms with Crippen molar-refractivity contribution >= 4 is 5.78 Å². The number of carbonyl (C=O) groups is 1. The van der Waals surface area contributed by atoms with E-state index in [9.17, 15) is 4.79 Å². The Labute approximate surface area is 113 Å². The highest BCUT2D eigenvalue weighted by atomic mass is 16.5. The summed E-state index contributed by atoms with van der Waals surface area (Å²) in [7, 11) is 3.18. The van der Waals surface area contributed by atoms with Crippen LogP contribution >= 0.6 is 0 Å². The maximum absolute atomic E-state index is 12.1. The number of ether oxygens (including phenoxy) is 3. The number of hydrogen-bond donors (Lipinski definition) is 0. The number of rotatable bonds is 5. The lowest BCUT2D eigenvalue weighted by Crippen LogP contribution is -2.22. The molecule has 1 fully saturated rings. The third-order valence-corrected chi connectivity index (χ3v) is 3.42. The van der Waals surface area contributed by atoms with E-state index in [0.29, 0.717) is 17.9 Å². The minimum Gasteiger partial charge on any atom is -0.493 e. The van der Waals surface area contributed by atoms with Gasteiger partial charge in [-0.25, -0.2) is 0 Å². The predicted octanol–water partition coefficient (Wildman–Crippen LogP) is 2.38. The van der Waals surface area contributed by atoms with E-state index in [2.05, 4.69) is 0 Å². The van der Waals surface area contributed by atoms with Crippen molar-refractivity contribution in [3.63, 3.8) is 0 Å². The van der Waals surface area contributed by atoms with E-state index in [0.717, 1.165) is 18.4 Å². The first-order valence-corrected chi connectivity index (χ1v) is 6.53. The van der Waals surface area contributed by atoms with Crippen LogP contribution in [0.5, 0.6) is 11.5 Å². The monoisotopic (exact) mass is 264 g/mol. The molecule has 1 heterocycles. The third kappa shape index (κ3) is 3.26. The summed E-state index contributed by atoms with van der Waals surface area (Å²) in [5.74, 6) is 1.45. The van der Waals surface area contributed by atoms with Crippen molar-refractivity contribution in [1.29, 1.82) is 0 Å². The highest BCUT2D eigenvalue weighted by Crippen LogP contribution is 2.28. The van der Waals surface area contributed by atoms with Crippen LogP contribution in [0.3, 0.4) is 0 Å². The average Bonchev–Trinajstić information content (AvgIpc) is 2.85. The molecule has 0 saturated carbocycles. The molecule has 0 bridgehead atoms. The van der Waals surface area contributed by atoms with Crippen molar-refractivity contribution in [3.8, 4) is 11.5 Å². The molecule has 4 heteroatoms. The van der Waals surface area contributed by atoms with Gasteiger partial charge in [-0.05, 0) is 37.5 Å². The fourth-order valence-corrected chi connectivity index (χ4v) is 2.35.